The molecule has 13 heteroatoms. The molecule has 0 saturated heterocycles. The van der Waals surface area contributed by atoms with E-state index in [2.05, 4.69) is 37.4 Å². The fourth-order valence-corrected chi connectivity index (χ4v) is 6.51. The zero-order valence-electron chi connectivity index (χ0n) is 21.4. The van der Waals surface area contributed by atoms with Crippen molar-refractivity contribution in [3.05, 3.63) is 57.3 Å². The SMILES string of the molecule is CNC(=O)[C@@]12C[C@@H]1[C@@H](n1cnc3c(NCc4ccc(O)c(OC)c4)nc(C#Cc4ccc(Cl)s4)nc31)[C@H](O)[C@@H]2O. The van der Waals surface area contributed by atoms with Crippen LogP contribution in [0.25, 0.3) is 11.2 Å². The maximum absolute atomic E-state index is 12.6. The van der Waals surface area contributed by atoms with Gasteiger partial charge in [0.1, 0.15) is 6.10 Å². The third kappa shape index (κ3) is 4.22. The number of carbonyl (C=O) groups excluding carboxylic acids is 1. The lowest BCUT2D eigenvalue weighted by molar-refractivity contribution is -0.132. The molecule has 0 aliphatic heterocycles. The zero-order valence-corrected chi connectivity index (χ0v) is 23.0. The number of imidazole rings is 1. The summed E-state index contributed by atoms with van der Waals surface area (Å²) in [5.41, 5.74) is 0.632. The highest BCUT2D eigenvalue weighted by Gasteiger charge is 2.75. The molecule has 0 unspecified atom stereocenters. The van der Waals surface area contributed by atoms with Gasteiger partial charge in [0, 0.05) is 19.5 Å². The number of amides is 1. The molecule has 4 aromatic rings. The molecule has 0 spiro atoms. The van der Waals surface area contributed by atoms with Gasteiger partial charge >= 0.3 is 0 Å². The molecule has 2 saturated carbocycles. The van der Waals surface area contributed by atoms with E-state index in [0.717, 1.165) is 10.4 Å². The third-order valence-corrected chi connectivity index (χ3v) is 8.79. The largest absolute Gasteiger partial charge is 0.504 e. The second-order valence-corrected chi connectivity index (χ2v) is 11.5. The van der Waals surface area contributed by atoms with Crippen LogP contribution < -0.4 is 15.4 Å². The first-order valence-electron chi connectivity index (χ1n) is 12.5. The van der Waals surface area contributed by atoms with Crippen LogP contribution in [0.4, 0.5) is 5.82 Å². The quantitative estimate of drug-likeness (QED) is 0.216. The molecule has 6 rings (SSSR count). The zero-order chi connectivity index (χ0) is 28.2. The molecule has 2 aliphatic carbocycles. The van der Waals surface area contributed by atoms with E-state index in [4.69, 9.17) is 16.3 Å². The summed E-state index contributed by atoms with van der Waals surface area (Å²) in [7, 11) is 3.00. The van der Waals surface area contributed by atoms with E-state index < -0.39 is 23.7 Å². The number of benzene rings is 1. The Labute approximate surface area is 237 Å². The highest BCUT2D eigenvalue weighted by atomic mass is 35.5. The number of aliphatic hydroxyl groups excluding tert-OH is 2. The molecule has 206 valence electrons. The molecule has 1 amide bonds. The molecule has 3 aromatic heterocycles. The number of nitrogens with zero attached hydrogens (tertiary/aromatic N) is 4. The minimum atomic E-state index is -1.22. The van der Waals surface area contributed by atoms with Crippen LogP contribution in [0, 0.1) is 23.2 Å². The summed E-state index contributed by atoms with van der Waals surface area (Å²) >= 11 is 7.38. The van der Waals surface area contributed by atoms with Crippen LogP contribution in [0.5, 0.6) is 11.5 Å². The minimum Gasteiger partial charge on any atom is -0.504 e. The molecule has 0 radical (unpaired) electrons. The summed E-state index contributed by atoms with van der Waals surface area (Å²) < 4.78 is 7.53. The van der Waals surface area contributed by atoms with Crippen molar-refractivity contribution in [3.63, 3.8) is 0 Å². The predicted octanol–water partition coefficient (Wildman–Crippen LogP) is 2.30. The smallest absolute Gasteiger partial charge is 0.229 e. The summed E-state index contributed by atoms with van der Waals surface area (Å²) in [5, 5.41) is 37.7. The Bertz CT molecular complexity index is 1700. The van der Waals surface area contributed by atoms with E-state index in [9.17, 15) is 20.1 Å². The number of carbonyl (C=O) groups is 1. The van der Waals surface area contributed by atoms with E-state index in [1.165, 1.54) is 25.5 Å². The van der Waals surface area contributed by atoms with Gasteiger partial charge in [-0.15, -0.1) is 11.3 Å². The van der Waals surface area contributed by atoms with E-state index in [1.807, 2.05) is 6.07 Å². The number of thiophene rings is 1. The average molecular weight is 581 g/mol. The van der Waals surface area contributed by atoms with E-state index in [0.29, 0.717) is 40.0 Å². The number of halogens is 1. The van der Waals surface area contributed by atoms with Crippen LogP contribution >= 0.6 is 22.9 Å². The topological polar surface area (TPSA) is 155 Å². The number of nitrogens with one attached hydrogen (secondary N) is 2. The van der Waals surface area contributed by atoms with Crippen molar-refractivity contribution in [2.24, 2.45) is 11.3 Å². The predicted molar refractivity (Wildman–Crippen MR) is 148 cm³/mol. The van der Waals surface area contributed by atoms with Gasteiger partial charge in [-0.2, -0.15) is 0 Å². The summed E-state index contributed by atoms with van der Waals surface area (Å²) in [6.45, 7) is 0.330. The maximum atomic E-state index is 12.6. The lowest BCUT2D eigenvalue weighted by Crippen LogP contribution is -2.41. The Morgan fingerprint density at radius 2 is 2.10 bits per heavy atom. The molecule has 11 nitrogen and oxygen atoms in total. The van der Waals surface area contributed by atoms with Gasteiger partial charge in [-0.05, 0) is 48.1 Å². The molecule has 2 fully saturated rings. The first kappa shape index (κ1) is 26.3. The molecule has 40 heavy (non-hydrogen) atoms. The first-order chi connectivity index (χ1) is 19.3. The summed E-state index contributed by atoms with van der Waals surface area (Å²) in [6.07, 6.45) is -0.415. The Morgan fingerprint density at radius 1 is 1.27 bits per heavy atom. The first-order valence-corrected chi connectivity index (χ1v) is 13.7. The molecule has 5 atom stereocenters. The fourth-order valence-electron chi connectivity index (χ4n) is 5.62. The molecular formula is C27H25ClN6O5S. The van der Waals surface area contributed by atoms with Gasteiger partial charge in [-0.3, -0.25) is 4.79 Å². The minimum absolute atomic E-state index is 0.0332. The van der Waals surface area contributed by atoms with Crippen molar-refractivity contribution in [2.45, 2.75) is 31.2 Å². The lowest BCUT2D eigenvalue weighted by atomic mass is 9.98. The second kappa shape index (κ2) is 9.94. The number of fused-ring (bicyclic) bond motifs is 2. The number of phenolic OH excluding ortho intramolecular Hbond substituents is 1. The van der Waals surface area contributed by atoms with Crippen LogP contribution in [0.2, 0.25) is 4.34 Å². The van der Waals surface area contributed by atoms with Gasteiger partial charge in [0.25, 0.3) is 0 Å². The Kier molecular flexibility index (Phi) is 6.54. The Balaban J connectivity index is 1.40. The van der Waals surface area contributed by atoms with Gasteiger partial charge in [0.2, 0.25) is 11.7 Å². The van der Waals surface area contributed by atoms with Crippen molar-refractivity contribution >= 4 is 45.8 Å². The molecule has 2 aliphatic rings. The van der Waals surface area contributed by atoms with Crippen molar-refractivity contribution in [3.8, 4) is 23.3 Å². The average Bonchev–Trinajstić information content (AvgIpc) is 3.20. The third-order valence-electron chi connectivity index (χ3n) is 7.64. The van der Waals surface area contributed by atoms with Crippen LogP contribution in [0.15, 0.2) is 36.7 Å². The van der Waals surface area contributed by atoms with Crippen molar-refractivity contribution in [1.82, 2.24) is 24.8 Å². The highest BCUT2D eigenvalue weighted by Crippen LogP contribution is 2.67. The highest BCUT2D eigenvalue weighted by molar-refractivity contribution is 7.16. The molecule has 0 bridgehead atoms. The van der Waals surface area contributed by atoms with E-state index in [-0.39, 0.29) is 23.4 Å². The monoisotopic (exact) mass is 580 g/mol. The normalized spacial score (nSPS) is 24.7. The van der Waals surface area contributed by atoms with Crippen molar-refractivity contribution in [2.75, 3.05) is 19.5 Å². The Morgan fingerprint density at radius 3 is 2.83 bits per heavy atom. The van der Waals surface area contributed by atoms with Gasteiger partial charge in [0.05, 0.1) is 40.2 Å². The molecule has 1 aromatic carbocycles. The Hall–Kier alpha value is -3.89. The number of methoxy groups -OCH3 is 1. The van der Waals surface area contributed by atoms with Crippen LogP contribution in [0.3, 0.4) is 0 Å². The number of aromatic nitrogens is 4. The summed E-state index contributed by atoms with van der Waals surface area (Å²) in [4.78, 5) is 27.2. The molecular weight excluding hydrogens is 556 g/mol. The fraction of sp³-hybridized carbons (Fsp3) is 0.333. The number of anilines is 1. The molecule has 5 N–H and O–H groups in total. The lowest BCUT2D eigenvalue weighted by Gasteiger charge is -2.23. The number of aliphatic hydroxyl groups is 2. The number of rotatable bonds is 6. The standard InChI is InChI=1S/C27H25ClN6O5S/c1-29-26(38)27-10-15(27)21(22(36)23(27)37)34-12-31-20-24(30-11-13-3-6-16(35)17(9-13)39-2)32-19(33-25(20)34)8-5-14-4-7-18(28)40-14/h3-4,6-7,9,12,15,21-23,35-37H,10-11H2,1-2H3,(H,29,38)(H,30,32,33)/t15-,21-,22+,23+,27+/m1/s1. The van der Waals surface area contributed by atoms with Gasteiger partial charge in [-0.25, -0.2) is 15.0 Å². The van der Waals surface area contributed by atoms with Crippen LogP contribution in [-0.4, -0.2) is 67.1 Å². The number of hydrogen-bond donors (Lipinski definition) is 5. The van der Waals surface area contributed by atoms with Crippen molar-refractivity contribution < 1.29 is 24.9 Å². The maximum Gasteiger partial charge on any atom is 0.229 e. The number of hydrogen-bond acceptors (Lipinski definition) is 10. The van der Waals surface area contributed by atoms with E-state index >= 15 is 0 Å². The number of phenols is 1. The number of aromatic hydroxyl groups is 1. The molecule has 3 heterocycles. The van der Waals surface area contributed by atoms with Crippen LogP contribution in [0.1, 0.15) is 28.7 Å². The van der Waals surface area contributed by atoms with Gasteiger partial charge < -0.3 is 35.3 Å². The van der Waals surface area contributed by atoms with Crippen molar-refractivity contribution in [1.29, 1.82) is 0 Å². The van der Waals surface area contributed by atoms with Gasteiger partial charge in [0.15, 0.2) is 28.5 Å². The summed E-state index contributed by atoms with van der Waals surface area (Å²) in [6, 6.07) is 7.97. The van der Waals surface area contributed by atoms with E-state index in [1.54, 1.807) is 35.2 Å². The van der Waals surface area contributed by atoms with Gasteiger partial charge in [-0.1, -0.05) is 17.7 Å². The number of ether oxygens (including phenoxy) is 1. The summed E-state index contributed by atoms with van der Waals surface area (Å²) in [5.74, 6) is 6.43. The second-order valence-electron chi connectivity index (χ2n) is 9.79. The van der Waals surface area contributed by atoms with Crippen LogP contribution in [-0.2, 0) is 11.3 Å².